The normalized spacial score (nSPS) is 14.3. The first-order chi connectivity index (χ1) is 9.72. The first-order valence-corrected chi connectivity index (χ1v) is 9.70. The molecular formula is C17H29INO-. The molecular weight excluding hydrogens is 361 g/mol. The van der Waals surface area contributed by atoms with Crippen LogP contribution < -0.4 is 27.4 Å². The van der Waals surface area contributed by atoms with E-state index in [1.165, 1.54) is 35.7 Å². The van der Waals surface area contributed by atoms with Gasteiger partial charge in [0.1, 0.15) is 0 Å². The van der Waals surface area contributed by atoms with Crippen LogP contribution in [-0.2, 0) is 3.07 Å². The molecule has 2 nitrogen and oxygen atoms in total. The third kappa shape index (κ3) is 8.93. The maximum absolute atomic E-state index is 5.83. The molecule has 20 heavy (non-hydrogen) atoms. The maximum atomic E-state index is 5.83. The number of halogens is 1. The minimum atomic E-state index is -0.245. The third-order valence-corrected chi connectivity index (χ3v) is 5.48. The Morgan fingerprint density at radius 3 is 2.35 bits per heavy atom. The van der Waals surface area contributed by atoms with Gasteiger partial charge in [-0.2, -0.15) is 0 Å². The van der Waals surface area contributed by atoms with Crippen LogP contribution >= 0.6 is 0 Å². The van der Waals surface area contributed by atoms with Gasteiger partial charge in [0.15, 0.2) is 0 Å². The van der Waals surface area contributed by atoms with Crippen LogP contribution in [0.5, 0.6) is 0 Å². The van der Waals surface area contributed by atoms with Crippen LogP contribution in [0, 0.1) is 15.4 Å². The van der Waals surface area contributed by atoms with Crippen LogP contribution in [-0.4, -0.2) is 13.2 Å². The van der Waals surface area contributed by atoms with Gasteiger partial charge < -0.3 is 0 Å². The van der Waals surface area contributed by atoms with Crippen molar-refractivity contribution < 1.29 is 24.7 Å². The molecule has 0 aliphatic heterocycles. The van der Waals surface area contributed by atoms with Gasteiger partial charge in [-0.15, -0.1) is 0 Å². The van der Waals surface area contributed by atoms with E-state index in [4.69, 9.17) is 8.80 Å². The van der Waals surface area contributed by atoms with Crippen molar-refractivity contribution in [1.29, 1.82) is 0 Å². The monoisotopic (exact) mass is 390 g/mol. The Hall–Kier alpha value is -0.130. The van der Waals surface area contributed by atoms with Gasteiger partial charge in [-0.05, 0) is 0 Å². The van der Waals surface area contributed by atoms with Gasteiger partial charge in [-0.1, -0.05) is 0 Å². The van der Waals surface area contributed by atoms with Crippen LogP contribution in [0.15, 0.2) is 30.3 Å². The first kappa shape index (κ1) is 17.9. The quantitative estimate of drug-likeness (QED) is 0.453. The summed E-state index contributed by atoms with van der Waals surface area (Å²) in [4.78, 5) is 0. The number of benzene rings is 1. The summed E-state index contributed by atoms with van der Waals surface area (Å²) >= 11 is -0.245. The summed E-state index contributed by atoms with van der Waals surface area (Å²) in [5.41, 5.74) is 5.56. The fraction of sp³-hybridized carbons (Fsp3) is 0.647. The molecule has 116 valence electrons. The van der Waals surface area contributed by atoms with Crippen LogP contribution in [0.25, 0.3) is 0 Å². The molecule has 0 saturated carbocycles. The van der Waals surface area contributed by atoms with E-state index in [1.807, 2.05) is 0 Å². The Morgan fingerprint density at radius 2 is 1.70 bits per heavy atom. The van der Waals surface area contributed by atoms with Crippen molar-refractivity contribution in [3.05, 3.63) is 33.9 Å². The first-order valence-electron chi connectivity index (χ1n) is 7.74. The second kappa shape index (κ2) is 11.5. The summed E-state index contributed by atoms with van der Waals surface area (Å²) in [5, 5.41) is 0. The minimum absolute atomic E-state index is 0.245. The molecule has 0 amide bonds. The molecule has 2 N–H and O–H groups in total. The van der Waals surface area contributed by atoms with Crippen LogP contribution in [0.3, 0.4) is 0 Å². The summed E-state index contributed by atoms with van der Waals surface area (Å²) < 4.78 is 7.20. The molecule has 0 radical (unpaired) electrons. The fourth-order valence-electron chi connectivity index (χ4n) is 2.44. The average molecular weight is 390 g/mol. The molecule has 0 saturated heterocycles. The van der Waals surface area contributed by atoms with Gasteiger partial charge in [0.25, 0.3) is 0 Å². The van der Waals surface area contributed by atoms with Crippen LogP contribution in [0.4, 0.5) is 0 Å². The Kier molecular flexibility index (Phi) is 10.3. The summed E-state index contributed by atoms with van der Waals surface area (Å²) in [6.07, 6.45) is 6.24. The SMILES string of the molecule is CC(CCCO[I-]c1ccccc1)C[C@@H](C)CCCN. The van der Waals surface area contributed by atoms with Gasteiger partial charge in [0, 0.05) is 0 Å². The van der Waals surface area contributed by atoms with Crippen molar-refractivity contribution >= 4 is 0 Å². The second-order valence-corrected chi connectivity index (χ2v) is 8.01. The van der Waals surface area contributed by atoms with E-state index in [-0.39, 0.29) is 21.6 Å². The van der Waals surface area contributed by atoms with E-state index in [2.05, 4.69) is 44.2 Å². The van der Waals surface area contributed by atoms with Crippen LogP contribution in [0.1, 0.15) is 46.0 Å². The summed E-state index contributed by atoms with van der Waals surface area (Å²) in [7, 11) is 0. The number of rotatable bonds is 11. The Balaban J connectivity index is 2.00. The molecule has 0 heterocycles. The molecule has 1 aromatic carbocycles. The zero-order chi connectivity index (χ0) is 14.6. The summed E-state index contributed by atoms with van der Waals surface area (Å²) in [6.45, 7) is 6.47. The van der Waals surface area contributed by atoms with E-state index in [0.717, 1.165) is 25.0 Å². The molecule has 0 aliphatic carbocycles. The van der Waals surface area contributed by atoms with Crippen molar-refractivity contribution in [3.8, 4) is 0 Å². The molecule has 0 fully saturated rings. The zero-order valence-electron chi connectivity index (χ0n) is 12.9. The number of hydrogen-bond donors (Lipinski definition) is 1. The van der Waals surface area contributed by atoms with E-state index in [1.54, 1.807) is 0 Å². The Bertz CT molecular complexity index is 331. The fourth-order valence-corrected chi connectivity index (χ4v) is 4.04. The van der Waals surface area contributed by atoms with Crippen molar-refractivity contribution in [2.75, 3.05) is 13.2 Å². The Labute approximate surface area is 135 Å². The predicted molar refractivity (Wildman–Crippen MR) is 81.6 cm³/mol. The van der Waals surface area contributed by atoms with Crippen molar-refractivity contribution in [2.24, 2.45) is 17.6 Å². The van der Waals surface area contributed by atoms with E-state index in [0.29, 0.717) is 0 Å². The van der Waals surface area contributed by atoms with E-state index in [9.17, 15) is 0 Å². The van der Waals surface area contributed by atoms with Gasteiger partial charge >= 0.3 is 135 Å². The van der Waals surface area contributed by atoms with Crippen molar-refractivity contribution in [3.63, 3.8) is 0 Å². The molecule has 3 heteroatoms. The number of hydrogen-bond acceptors (Lipinski definition) is 2. The van der Waals surface area contributed by atoms with Gasteiger partial charge in [-0.25, -0.2) is 0 Å². The molecule has 0 aliphatic rings. The molecule has 2 atom stereocenters. The van der Waals surface area contributed by atoms with Gasteiger partial charge in [-0.3, -0.25) is 0 Å². The molecule has 1 aromatic rings. The topological polar surface area (TPSA) is 35.2 Å². The predicted octanol–water partition coefficient (Wildman–Crippen LogP) is 1.06. The van der Waals surface area contributed by atoms with Gasteiger partial charge in [0.05, 0.1) is 0 Å². The van der Waals surface area contributed by atoms with E-state index < -0.39 is 0 Å². The molecule has 0 spiro atoms. The molecule has 0 aromatic heterocycles. The molecule has 0 bridgehead atoms. The summed E-state index contributed by atoms with van der Waals surface area (Å²) in [6, 6.07) is 10.6. The third-order valence-electron chi connectivity index (χ3n) is 3.50. The summed E-state index contributed by atoms with van der Waals surface area (Å²) in [5.74, 6) is 1.62. The van der Waals surface area contributed by atoms with Crippen LogP contribution in [0.2, 0.25) is 0 Å². The second-order valence-electron chi connectivity index (χ2n) is 5.71. The van der Waals surface area contributed by atoms with Crippen molar-refractivity contribution in [1.82, 2.24) is 0 Å². The van der Waals surface area contributed by atoms with Gasteiger partial charge in [0.2, 0.25) is 0 Å². The molecule has 1 rings (SSSR count). The zero-order valence-corrected chi connectivity index (χ0v) is 15.0. The van der Waals surface area contributed by atoms with E-state index >= 15 is 0 Å². The molecule has 1 unspecified atom stereocenters. The van der Waals surface area contributed by atoms with Crippen molar-refractivity contribution in [2.45, 2.75) is 46.0 Å². The Morgan fingerprint density at radius 1 is 1.05 bits per heavy atom. The average Bonchev–Trinajstić information content (AvgIpc) is 2.46. The standard InChI is InChI=1S/C17H29INO/c1-15(8-6-12-19)14-16(2)9-7-13-20-18-17-10-4-3-5-11-17/h3-5,10-11,15-16H,6-9,12-14,19H2,1-2H3/q-1/t15-,16?/m0/s1. The number of nitrogens with two attached hydrogens (primary N) is 1.